The molecule has 2 amide bonds. The molecule has 0 saturated carbocycles. The van der Waals surface area contributed by atoms with Crippen molar-refractivity contribution in [3.8, 4) is 0 Å². The van der Waals surface area contributed by atoms with Crippen LogP contribution < -0.4 is 10.6 Å². The van der Waals surface area contributed by atoms with Crippen molar-refractivity contribution in [1.82, 2.24) is 10.6 Å². The van der Waals surface area contributed by atoms with Gasteiger partial charge in [-0.3, -0.25) is 9.59 Å². The van der Waals surface area contributed by atoms with Gasteiger partial charge in [-0.1, -0.05) is 0 Å². The highest BCUT2D eigenvalue weighted by Crippen LogP contribution is 2.37. The van der Waals surface area contributed by atoms with Gasteiger partial charge in [-0.2, -0.15) is 0 Å². The van der Waals surface area contributed by atoms with Gasteiger partial charge in [-0.05, 0) is 0 Å². The molecule has 0 bridgehead atoms. The van der Waals surface area contributed by atoms with E-state index in [0.717, 1.165) is 13.8 Å². The number of hydrogen-bond donors (Lipinski definition) is 20. The SMILES string of the molecule is CC(=O)N[C@H]1[C@@H](O[C@H]2[C@@H](O)[C@@H](CO)O[C@@H](O[C@H]3[C@H](O)[C@@H](NC(C)=O)[C@H](O[C@H]4[C@@H](O)[C@@H](CO)O[C@@H](O[C@H]5[C@H](O)[C@@H](O)[C@H](O)O[C@@H]5CO)[C@@H]4O)O[C@@H]3CO)[C@@H]2O)O[C@H](CO)[C@@H](O[C@@H]2O[C@H](CO)[C@H](O)[C@H](O)[C@H]2O)[C@@H]1O. The number of carbonyl (C=O) groups is 2. The summed E-state index contributed by atoms with van der Waals surface area (Å²) < 4.78 is 62.4. The largest absolute Gasteiger partial charge is 0.394 e. The molecule has 6 fully saturated rings. The van der Waals surface area contributed by atoms with E-state index in [1.165, 1.54) is 0 Å². The van der Waals surface area contributed by atoms with Crippen molar-refractivity contribution in [2.24, 2.45) is 0 Å². The number of rotatable bonds is 18. The standard InChI is InChI=1S/C40H68N2O31/c1-9(49)41-17-22(54)30(69-38-27(59)24(56)19(51)11(3-43)64-38)15(7-47)67-36(17)72-33-20(52)12(4-44)65-39(28(33)60)70-31-16(8-48)68-37(18(23(31)55)42-10(2)50)73-34-21(53)13(5-45)66-40(29(34)61)71-32-14(6-46)63-35(62)26(58)25(32)57/h11-40,43-48,51-62H,3-8H2,1-2H3,(H,41,49)(H,42,50)/t11-,12-,13-,14-,15-,16-,17-,18-,19+,20+,21+,22-,23-,24+,25-,26-,27-,28-,29-,30-,31-,32-,33+,34+,35-,36-,37+,38+,39+,40+/m1/s1. The van der Waals surface area contributed by atoms with E-state index in [1.54, 1.807) is 0 Å². The summed E-state index contributed by atoms with van der Waals surface area (Å²) >= 11 is 0. The molecule has 33 heteroatoms. The molecule has 0 unspecified atom stereocenters. The van der Waals surface area contributed by atoms with Gasteiger partial charge in [-0.15, -0.1) is 0 Å². The third-order valence-corrected chi connectivity index (χ3v) is 13.2. The molecule has 0 aliphatic carbocycles. The van der Waals surface area contributed by atoms with E-state index in [9.17, 15) is 102 Å². The summed E-state index contributed by atoms with van der Waals surface area (Å²) in [6, 6.07) is -3.53. The zero-order valence-corrected chi connectivity index (χ0v) is 38.9. The van der Waals surface area contributed by atoms with Crippen molar-refractivity contribution < 1.29 is 154 Å². The molecule has 0 aromatic carbocycles. The fourth-order valence-corrected chi connectivity index (χ4v) is 9.32. The van der Waals surface area contributed by atoms with Crippen LogP contribution in [0.4, 0.5) is 0 Å². The Morgan fingerprint density at radius 2 is 0.630 bits per heavy atom. The average Bonchev–Trinajstić information content (AvgIpc) is 3.36. The normalized spacial score (nSPS) is 49.8. The van der Waals surface area contributed by atoms with Crippen LogP contribution in [0.25, 0.3) is 0 Å². The summed E-state index contributed by atoms with van der Waals surface area (Å²) in [5.74, 6) is -1.69. The summed E-state index contributed by atoms with van der Waals surface area (Å²) in [5, 5.41) is 196. The Kier molecular flexibility index (Phi) is 21.3. The predicted octanol–water partition coefficient (Wildman–Crippen LogP) is -13.8. The lowest BCUT2D eigenvalue weighted by atomic mass is 9.93. The fraction of sp³-hybridized carbons (Fsp3) is 0.950. The molecule has 0 aromatic rings. The molecule has 424 valence electrons. The predicted molar refractivity (Wildman–Crippen MR) is 222 cm³/mol. The van der Waals surface area contributed by atoms with Crippen LogP contribution in [0.2, 0.25) is 0 Å². The molecular formula is C40H68N2O31. The number of carbonyl (C=O) groups excluding carboxylic acids is 2. The monoisotopic (exact) mass is 1070 g/mol. The van der Waals surface area contributed by atoms with Crippen LogP contribution in [-0.4, -0.2) is 327 Å². The lowest BCUT2D eigenvalue weighted by Gasteiger charge is -2.51. The van der Waals surface area contributed by atoms with Gasteiger partial charge < -0.3 is 155 Å². The molecule has 30 atom stereocenters. The minimum Gasteiger partial charge on any atom is -0.394 e. The maximum absolute atomic E-state index is 12.6. The molecule has 6 saturated heterocycles. The van der Waals surface area contributed by atoms with Crippen molar-refractivity contribution in [3.63, 3.8) is 0 Å². The number of hydrogen-bond acceptors (Lipinski definition) is 31. The van der Waals surface area contributed by atoms with E-state index in [2.05, 4.69) is 10.6 Å². The van der Waals surface area contributed by atoms with E-state index in [4.69, 9.17) is 52.1 Å². The minimum absolute atomic E-state index is 0.829. The lowest BCUT2D eigenvalue weighted by Crippen LogP contribution is -2.70. The summed E-state index contributed by atoms with van der Waals surface area (Å²) in [7, 11) is 0. The molecule has 0 spiro atoms. The van der Waals surface area contributed by atoms with Crippen LogP contribution in [0.3, 0.4) is 0 Å². The molecule has 6 rings (SSSR count). The molecule has 6 aliphatic heterocycles. The van der Waals surface area contributed by atoms with Gasteiger partial charge in [0.25, 0.3) is 0 Å². The van der Waals surface area contributed by atoms with Crippen LogP contribution in [0.5, 0.6) is 0 Å². The first-order chi connectivity index (χ1) is 34.5. The van der Waals surface area contributed by atoms with E-state index >= 15 is 0 Å². The zero-order chi connectivity index (χ0) is 53.9. The third-order valence-electron chi connectivity index (χ3n) is 13.2. The Labute approximate surface area is 413 Å². The molecule has 33 nitrogen and oxygen atoms in total. The number of amides is 2. The highest BCUT2D eigenvalue weighted by Gasteiger charge is 2.58. The molecule has 6 heterocycles. The Morgan fingerprint density at radius 1 is 0.329 bits per heavy atom. The highest BCUT2D eigenvalue weighted by molar-refractivity contribution is 5.73. The van der Waals surface area contributed by atoms with Crippen LogP contribution in [0.15, 0.2) is 0 Å². The molecule has 0 radical (unpaired) electrons. The van der Waals surface area contributed by atoms with Crippen LogP contribution in [0.1, 0.15) is 13.8 Å². The second-order valence-electron chi connectivity index (χ2n) is 18.2. The molecule has 6 aliphatic rings. The lowest BCUT2D eigenvalue weighted by molar-refractivity contribution is -0.386. The number of aliphatic hydroxyl groups is 18. The molecule has 0 aromatic heterocycles. The van der Waals surface area contributed by atoms with E-state index in [0.29, 0.717) is 0 Å². The second-order valence-corrected chi connectivity index (χ2v) is 18.2. The number of aliphatic hydroxyl groups excluding tert-OH is 18. The fourth-order valence-electron chi connectivity index (χ4n) is 9.32. The average molecular weight is 1070 g/mol. The van der Waals surface area contributed by atoms with Gasteiger partial charge in [0.05, 0.1) is 39.6 Å². The van der Waals surface area contributed by atoms with E-state index < -0.39 is 236 Å². The first-order valence-corrected chi connectivity index (χ1v) is 23.1. The quantitative estimate of drug-likeness (QED) is 0.0606. The van der Waals surface area contributed by atoms with Crippen molar-refractivity contribution in [3.05, 3.63) is 0 Å². The Balaban J connectivity index is 1.21. The van der Waals surface area contributed by atoms with Crippen molar-refractivity contribution >= 4 is 11.8 Å². The second kappa shape index (κ2) is 26.0. The van der Waals surface area contributed by atoms with Gasteiger partial charge >= 0.3 is 0 Å². The Bertz CT molecular complexity index is 1750. The summed E-state index contributed by atoms with van der Waals surface area (Å²) in [5.41, 5.74) is 0. The Morgan fingerprint density at radius 3 is 0.986 bits per heavy atom. The molecular weight excluding hydrogens is 1000 g/mol. The summed E-state index contributed by atoms with van der Waals surface area (Å²) in [6.07, 6.45) is -52.9. The van der Waals surface area contributed by atoms with Gasteiger partial charge in [0.2, 0.25) is 11.8 Å². The first-order valence-electron chi connectivity index (χ1n) is 23.1. The van der Waals surface area contributed by atoms with Crippen molar-refractivity contribution in [2.75, 3.05) is 39.6 Å². The molecule has 73 heavy (non-hydrogen) atoms. The van der Waals surface area contributed by atoms with Crippen LogP contribution in [-0.2, 0) is 61.7 Å². The topological polar surface area (TPSA) is 524 Å². The van der Waals surface area contributed by atoms with Gasteiger partial charge in [0.15, 0.2) is 37.7 Å². The highest BCUT2D eigenvalue weighted by atomic mass is 16.8. The van der Waals surface area contributed by atoms with Gasteiger partial charge in [-0.25, -0.2) is 0 Å². The first kappa shape index (κ1) is 60.0. The zero-order valence-electron chi connectivity index (χ0n) is 38.9. The van der Waals surface area contributed by atoms with E-state index in [1.807, 2.05) is 0 Å². The van der Waals surface area contributed by atoms with Crippen molar-refractivity contribution in [1.29, 1.82) is 0 Å². The third kappa shape index (κ3) is 12.9. The smallest absolute Gasteiger partial charge is 0.217 e. The van der Waals surface area contributed by atoms with Crippen molar-refractivity contribution in [2.45, 2.75) is 198 Å². The maximum Gasteiger partial charge on any atom is 0.217 e. The van der Waals surface area contributed by atoms with E-state index in [-0.39, 0.29) is 0 Å². The number of ether oxygens (including phenoxy) is 11. The molecule has 20 N–H and O–H groups in total. The van der Waals surface area contributed by atoms with Crippen LogP contribution in [0, 0.1) is 0 Å². The maximum atomic E-state index is 12.6. The Hall–Kier alpha value is -2.22. The van der Waals surface area contributed by atoms with Crippen LogP contribution >= 0.6 is 0 Å². The van der Waals surface area contributed by atoms with Gasteiger partial charge in [0, 0.05) is 13.8 Å². The number of nitrogens with one attached hydrogen (secondary N) is 2. The summed E-state index contributed by atoms with van der Waals surface area (Å²) in [4.78, 5) is 25.0. The summed E-state index contributed by atoms with van der Waals surface area (Å²) in [6.45, 7) is -3.79. The van der Waals surface area contributed by atoms with Gasteiger partial charge in [0.1, 0.15) is 146 Å². The minimum atomic E-state index is -2.21.